The molecule has 1 atom stereocenters. The van der Waals surface area contributed by atoms with Gasteiger partial charge in [-0.25, -0.2) is 4.79 Å². The number of aliphatic hydroxyl groups is 1. The second kappa shape index (κ2) is 4.76. The third-order valence-electron chi connectivity index (χ3n) is 0.663. The van der Waals surface area contributed by atoms with E-state index in [1.165, 1.54) is 6.92 Å². The zero-order valence-electron chi connectivity index (χ0n) is 5.13. The van der Waals surface area contributed by atoms with Crippen molar-refractivity contribution in [3.8, 4) is 0 Å². The number of esters is 1. The highest BCUT2D eigenvalue weighted by atomic mass is 79.9. The van der Waals surface area contributed by atoms with Crippen LogP contribution in [0.25, 0.3) is 0 Å². The van der Waals surface area contributed by atoms with Crippen molar-refractivity contribution in [3.63, 3.8) is 0 Å². The standard InChI is InChI=1S/C5H9BrO3/c1-4(7)5(8)9-3-2-6/h4,7H,2-3H2,1H3/t4-/m1/s1. The number of alkyl halides is 1. The molecule has 0 aromatic rings. The van der Waals surface area contributed by atoms with E-state index in [4.69, 9.17) is 5.11 Å². The molecule has 54 valence electrons. The van der Waals surface area contributed by atoms with Crippen molar-refractivity contribution in [3.05, 3.63) is 0 Å². The van der Waals surface area contributed by atoms with Crippen LogP contribution in [0.4, 0.5) is 0 Å². The van der Waals surface area contributed by atoms with E-state index in [0.29, 0.717) is 11.9 Å². The lowest BCUT2D eigenvalue weighted by atomic mass is 10.4. The summed E-state index contributed by atoms with van der Waals surface area (Å²) in [6.45, 7) is 1.68. The first-order valence-corrected chi connectivity index (χ1v) is 3.71. The molecule has 0 saturated carbocycles. The van der Waals surface area contributed by atoms with E-state index in [0.717, 1.165) is 0 Å². The van der Waals surface area contributed by atoms with Gasteiger partial charge >= 0.3 is 5.97 Å². The minimum Gasteiger partial charge on any atom is -0.463 e. The first kappa shape index (κ1) is 8.91. The summed E-state index contributed by atoms with van der Waals surface area (Å²) in [6.07, 6.45) is -1.01. The Labute approximate surface area is 62.1 Å². The summed E-state index contributed by atoms with van der Waals surface area (Å²) in [5, 5.41) is 9.16. The zero-order chi connectivity index (χ0) is 7.28. The normalized spacial score (nSPS) is 12.8. The van der Waals surface area contributed by atoms with Crippen LogP contribution in [-0.4, -0.2) is 29.1 Å². The van der Waals surface area contributed by atoms with Crippen LogP contribution >= 0.6 is 15.9 Å². The highest BCUT2D eigenvalue weighted by molar-refractivity contribution is 9.09. The number of rotatable bonds is 3. The summed E-state index contributed by atoms with van der Waals surface area (Å²) < 4.78 is 4.52. The monoisotopic (exact) mass is 196 g/mol. The largest absolute Gasteiger partial charge is 0.463 e. The summed E-state index contributed by atoms with van der Waals surface area (Å²) in [7, 11) is 0. The molecule has 0 aromatic heterocycles. The predicted molar refractivity (Wildman–Crippen MR) is 36.4 cm³/mol. The average molecular weight is 197 g/mol. The molecule has 1 N–H and O–H groups in total. The van der Waals surface area contributed by atoms with Crippen LogP contribution in [0.3, 0.4) is 0 Å². The molecule has 0 heterocycles. The molecule has 0 spiro atoms. The Morgan fingerprint density at radius 1 is 1.89 bits per heavy atom. The maximum atomic E-state index is 10.4. The average Bonchev–Trinajstić information content (AvgIpc) is 1.82. The summed E-state index contributed by atoms with van der Waals surface area (Å²) >= 11 is 3.07. The molecule has 0 fully saturated rings. The number of aliphatic hydroxyl groups excluding tert-OH is 1. The second-order valence-electron chi connectivity index (χ2n) is 1.53. The van der Waals surface area contributed by atoms with Gasteiger partial charge in [0.2, 0.25) is 0 Å². The van der Waals surface area contributed by atoms with Crippen molar-refractivity contribution >= 4 is 21.9 Å². The van der Waals surface area contributed by atoms with Gasteiger partial charge in [-0.2, -0.15) is 0 Å². The maximum absolute atomic E-state index is 10.4. The lowest BCUT2D eigenvalue weighted by Crippen LogP contribution is -2.19. The molecule has 0 aliphatic carbocycles. The van der Waals surface area contributed by atoms with Crippen molar-refractivity contribution < 1.29 is 14.6 Å². The van der Waals surface area contributed by atoms with E-state index < -0.39 is 12.1 Å². The lowest BCUT2D eigenvalue weighted by Gasteiger charge is -2.02. The molecule has 0 bridgehead atoms. The fourth-order valence-electron chi connectivity index (χ4n) is 0.260. The molecule has 0 saturated heterocycles. The molecule has 0 aromatic carbocycles. The van der Waals surface area contributed by atoms with Crippen molar-refractivity contribution in [2.45, 2.75) is 13.0 Å². The molecule has 3 nitrogen and oxygen atoms in total. The molecule has 0 radical (unpaired) electrons. The van der Waals surface area contributed by atoms with Gasteiger partial charge in [-0.05, 0) is 6.92 Å². The van der Waals surface area contributed by atoms with E-state index in [1.54, 1.807) is 0 Å². The van der Waals surface area contributed by atoms with Gasteiger partial charge in [0.15, 0.2) is 0 Å². The van der Waals surface area contributed by atoms with Crippen LogP contribution in [0.5, 0.6) is 0 Å². The molecule has 0 amide bonds. The van der Waals surface area contributed by atoms with Crippen molar-refractivity contribution in [1.82, 2.24) is 0 Å². The lowest BCUT2D eigenvalue weighted by molar-refractivity contribution is -0.151. The Kier molecular flexibility index (Phi) is 4.71. The molecule has 0 aliphatic rings. The Bertz CT molecular complexity index is 92.2. The van der Waals surface area contributed by atoms with E-state index in [9.17, 15) is 4.79 Å². The highest BCUT2D eigenvalue weighted by Gasteiger charge is 2.08. The second-order valence-corrected chi connectivity index (χ2v) is 2.33. The Morgan fingerprint density at radius 2 is 2.44 bits per heavy atom. The number of carbonyl (C=O) groups excluding carboxylic acids is 1. The third kappa shape index (κ3) is 4.42. The molecular formula is C5H9BrO3. The molecule has 9 heavy (non-hydrogen) atoms. The molecule has 0 aliphatic heterocycles. The Morgan fingerprint density at radius 3 is 2.78 bits per heavy atom. The fourth-order valence-corrected chi connectivity index (χ4v) is 0.422. The van der Waals surface area contributed by atoms with Gasteiger partial charge in [-0.3, -0.25) is 0 Å². The Balaban J connectivity index is 3.28. The minimum atomic E-state index is -1.01. The smallest absolute Gasteiger partial charge is 0.334 e. The van der Waals surface area contributed by atoms with Gasteiger partial charge < -0.3 is 9.84 Å². The van der Waals surface area contributed by atoms with Crippen LogP contribution in [0.2, 0.25) is 0 Å². The van der Waals surface area contributed by atoms with E-state index in [2.05, 4.69) is 20.7 Å². The Hall–Kier alpha value is -0.0900. The highest BCUT2D eigenvalue weighted by Crippen LogP contribution is 1.87. The number of carbonyl (C=O) groups is 1. The van der Waals surface area contributed by atoms with Crippen LogP contribution in [0.15, 0.2) is 0 Å². The van der Waals surface area contributed by atoms with Crippen LogP contribution < -0.4 is 0 Å². The number of hydrogen-bond acceptors (Lipinski definition) is 3. The van der Waals surface area contributed by atoms with Crippen LogP contribution in [-0.2, 0) is 9.53 Å². The van der Waals surface area contributed by atoms with Crippen LogP contribution in [0, 0.1) is 0 Å². The van der Waals surface area contributed by atoms with Crippen molar-refractivity contribution in [1.29, 1.82) is 0 Å². The van der Waals surface area contributed by atoms with Gasteiger partial charge in [0, 0.05) is 5.33 Å². The van der Waals surface area contributed by atoms with Gasteiger partial charge in [-0.1, -0.05) is 15.9 Å². The molecular weight excluding hydrogens is 188 g/mol. The number of ether oxygens (including phenoxy) is 1. The summed E-state index contributed by atoms with van der Waals surface area (Å²) in [5.74, 6) is -0.575. The van der Waals surface area contributed by atoms with Crippen molar-refractivity contribution in [2.75, 3.05) is 11.9 Å². The quantitative estimate of drug-likeness (QED) is 0.523. The maximum Gasteiger partial charge on any atom is 0.334 e. The third-order valence-corrected chi connectivity index (χ3v) is 0.986. The predicted octanol–water partition coefficient (Wildman–Crippen LogP) is 0.305. The van der Waals surface area contributed by atoms with Crippen molar-refractivity contribution in [2.24, 2.45) is 0 Å². The molecule has 0 unspecified atom stereocenters. The summed E-state index contributed by atoms with van der Waals surface area (Å²) in [5.41, 5.74) is 0. The molecule has 4 heteroatoms. The van der Waals surface area contributed by atoms with Gasteiger partial charge in [0.1, 0.15) is 12.7 Å². The molecule has 0 rings (SSSR count). The fraction of sp³-hybridized carbons (Fsp3) is 0.800. The minimum absolute atomic E-state index is 0.309. The SMILES string of the molecule is C[C@@H](O)C(=O)OCCBr. The first-order chi connectivity index (χ1) is 4.18. The number of halogens is 1. The number of hydrogen-bond donors (Lipinski definition) is 1. The summed E-state index contributed by atoms with van der Waals surface area (Å²) in [6, 6.07) is 0. The van der Waals surface area contributed by atoms with E-state index >= 15 is 0 Å². The van der Waals surface area contributed by atoms with E-state index in [-0.39, 0.29) is 0 Å². The van der Waals surface area contributed by atoms with Gasteiger partial charge in [0.25, 0.3) is 0 Å². The van der Waals surface area contributed by atoms with Gasteiger partial charge in [0.05, 0.1) is 0 Å². The topological polar surface area (TPSA) is 46.5 Å². The van der Waals surface area contributed by atoms with Gasteiger partial charge in [-0.15, -0.1) is 0 Å². The van der Waals surface area contributed by atoms with Crippen LogP contribution in [0.1, 0.15) is 6.92 Å². The summed E-state index contributed by atoms with van der Waals surface area (Å²) in [4.78, 5) is 10.4. The van der Waals surface area contributed by atoms with E-state index in [1.807, 2.05) is 0 Å². The zero-order valence-corrected chi connectivity index (χ0v) is 6.72. The first-order valence-electron chi connectivity index (χ1n) is 2.59.